The number of nitrogen functional groups attached to an aromatic ring is 1. The van der Waals surface area contributed by atoms with Gasteiger partial charge in [-0.15, -0.1) is 11.3 Å². The minimum absolute atomic E-state index is 0.271. The zero-order valence-electron chi connectivity index (χ0n) is 9.24. The normalized spacial score (nSPS) is 20.4. The summed E-state index contributed by atoms with van der Waals surface area (Å²) in [5.74, 6) is 0.542. The van der Waals surface area contributed by atoms with E-state index in [0.29, 0.717) is 5.69 Å². The lowest BCUT2D eigenvalue weighted by Gasteiger charge is -2.13. The zero-order valence-corrected chi connectivity index (χ0v) is 10.1. The third-order valence-electron chi connectivity index (χ3n) is 3.34. The Morgan fingerprint density at radius 2 is 2.06 bits per heavy atom. The Labute approximate surface area is 99.2 Å². The highest BCUT2D eigenvalue weighted by atomic mass is 32.1. The Morgan fingerprint density at radius 3 is 2.69 bits per heavy atom. The second-order valence-corrected chi connectivity index (χ2v) is 5.73. The van der Waals surface area contributed by atoms with Gasteiger partial charge < -0.3 is 10.6 Å². The van der Waals surface area contributed by atoms with Crippen LogP contribution in [0, 0.1) is 5.92 Å². The van der Waals surface area contributed by atoms with Crippen molar-refractivity contribution in [2.45, 2.75) is 25.7 Å². The average molecular weight is 236 g/mol. The molecule has 4 heteroatoms. The van der Waals surface area contributed by atoms with Gasteiger partial charge in [-0.2, -0.15) is 0 Å². The smallest absolute Gasteiger partial charge is 0.178 e. The van der Waals surface area contributed by atoms with E-state index in [0.717, 1.165) is 30.8 Å². The number of Topliss-reactive ketones (excluding diaryl/α,β-unsaturated/α-hetero) is 1. The summed E-state index contributed by atoms with van der Waals surface area (Å²) in [5.41, 5.74) is 6.62. The van der Waals surface area contributed by atoms with Crippen LogP contribution in [0.25, 0.3) is 0 Å². The van der Waals surface area contributed by atoms with Crippen LogP contribution in [0.5, 0.6) is 0 Å². The standard InChI is InChI=1S/C12H16N2OS/c13-9-7-10(14-5-1-2-6-14)16-12(9)11(15)8-3-4-8/h7-8H,1-6,13H2. The quantitative estimate of drug-likeness (QED) is 0.820. The van der Waals surface area contributed by atoms with E-state index >= 15 is 0 Å². The molecule has 86 valence electrons. The maximum absolute atomic E-state index is 12.0. The molecule has 0 bridgehead atoms. The molecule has 16 heavy (non-hydrogen) atoms. The number of nitrogens with two attached hydrogens (primary N) is 1. The molecule has 1 aliphatic carbocycles. The van der Waals surface area contributed by atoms with E-state index in [-0.39, 0.29) is 11.7 Å². The molecular formula is C12H16N2OS. The lowest BCUT2D eigenvalue weighted by atomic mass is 10.2. The van der Waals surface area contributed by atoms with Crippen molar-refractivity contribution in [1.29, 1.82) is 0 Å². The van der Waals surface area contributed by atoms with Gasteiger partial charge in [-0.05, 0) is 31.7 Å². The molecule has 0 spiro atoms. The number of hydrogen-bond donors (Lipinski definition) is 1. The Kier molecular flexibility index (Phi) is 2.39. The third kappa shape index (κ3) is 1.71. The van der Waals surface area contributed by atoms with Gasteiger partial charge in [0, 0.05) is 19.0 Å². The summed E-state index contributed by atoms with van der Waals surface area (Å²) in [7, 11) is 0. The van der Waals surface area contributed by atoms with Crippen LogP contribution in [0.15, 0.2) is 6.07 Å². The van der Waals surface area contributed by atoms with Gasteiger partial charge >= 0.3 is 0 Å². The van der Waals surface area contributed by atoms with E-state index in [4.69, 9.17) is 5.73 Å². The Balaban J connectivity index is 1.85. The summed E-state index contributed by atoms with van der Waals surface area (Å²) < 4.78 is 0. The zero-order chi connectivity index (χ0) is 11.1. The molecule has 1 aromatic heterocycles. The number of nitrogens with zero attached hydrogens (tertiary/aromatic N) is 1. The summed E-state index contributed by atoms with van der Waals surface area (Å²) >= 11 is 1.58. The lowest BCUT2D eigenvalue weighted by Crippen LogP contribution is -2.15. The van der Waals surface area contributed by atoms with E-state index in [1.54, 1.807) is 11.3 Å². The van der Waals surface area contributed by atoms with Crippen molar-refractivity contribution in [2.24, 2.45) is 5.92 Å². The van der Waals surface area contributed by atoms with E-state index in [1.165, 1.54) is 17.8 Å². The fourth-order valence-electron chi connectivity index (χ4n) is 2.21. The van der Waals surface area contributed by atoms with Crippen LogP contribution in [-0.4, -0.2) is 18.9 Å². The Hall–Kier alpha value is -1.03. The highest BCUT2D eigenvalue weighted by Crippen LogP contribution is 2.40. The van der Waals surface area contributed by atoms with Crippen molar-refractivity contribution in [3.8, 4) is 0 Å². The van der Waals surface area contributed by atoms with Gasteiger partial charge in [0.2, 0.25) is 0 Å². The molecule has 0 amide bonds. The molecule has 1 saturated heterocycles. The Morgan fingerprint density at radius 1 is 1.38 bits per heavy atom. The number of ketones is 1. The summed E-state index contributed by atoms with van der Waals surface area (Å²) in [5, 5.41) is 1.18. The molecular weight excluding hydrogens is 220 g/mol. The lowest BCUT2D eigenvalue weighted by molar-refractivity contribution is 0.0972. The molecule has 3 rings (SSSR count). The van der Waals surface area contributed by atoms with Crippen LogP contribution in [0.4, 0.5) is 10.7 Å². The fraction of sp³-hybridized carbons (Fsp3) is 0.583. The molecule has 3 nitrogen and oxygen atoms in total. The minimum atomic E-state index is 0.271. The van der Waals surface area contributed by atoms with Gasteiger partial charge in [-0.1, -0.05) is 0 Å². The van der Waals surface area contributed by atoms with Crippen molar-refractivity contribution in [3.05, 3.63) is 10.9 Å². The molecule has 2 N–H and O–H groups in total. The van der Waals surface area contributed by atoms with E-state index in [2.05, 4.69) is 4.90 Å². The Bertz CT molecular complexity index is 417. The van der Waals surface area contributed by atoms with Gasteiger partial charge in [-0.25, -0.2) is 0 Å². The highest BCUT2D eigenvalue weighted by molar-refractivity contribution is 7.18. The number of anilines is 2. The monoisotopic (exact) mass is 236 g/mol. The first kappa shape index (κ1) is 10.1. The summed E-state index contributed by atoms with van der Waals surface area (Å²) in [6.07, 6.45) is 4.61. The van der Waals surface area contributed by atoms with Crippen LogP contribution < -0.4 is 10.6 Å². The molecule has 0 radical (unpaired) electrons. The van der Waals surface area contributed by atoms with Crippen LogP contribution in [-0.2, 0) is 0 Å². The largest absolute Gasteiger partial charge is 0.397 e. The van der Waals surface area contributed by atoms with E-state index < -0.39 is 0 Å². The molecule has 1 aliphatic heterocycles. The van der Waals surface area contributed by atoms with Crippen LogP contribution in [0.3, 0.4) is 0 Å². The minimum Gasteiger partial charge on any atom is -0.397 e. The van der Waals surface area contributed by atoms with Gasteiger partial charge in [-0.3, -0.25) is 4.79 Å². The van der Waals surface area contributed by atoms with E-state index in [1.807, 2.05) is 6.07 Å². The first-order valence-electron chi connectivity index (χ1n) is 5.94. The van der Waals surface area contributed by atoms with Crippen LogP contribution in [0.1, 0.15) is 35.4 Å². The van der Waals surface area contributed by atoms with Gasteiger partial charge in [0.05, 0.1) is 15.6 Å². The maximum atomic E-state index is 12.0. The van der Waals surface area contributed by atoms with E-state index in [9.17, 15) is 4.79 Å². The highest BCUT2D eigenvalue weighted by Gasteiger charge is 2.33. The van der Waals surface area contributed by atoms with Gasteiger partial charge in [0.15, 0.2) is 5.78 Å². The molecule has 2 heterocycles. The molecule has 1 saturated carbocycles. The molecule has 2 fully saturated rings. The SMILES string of the molecule is Nc1cc(N2CCCC2)sc1C(=O)C1CC1. The molecule has 1 aromatic rings. The predicted octanol–water partition coefficient (Wildman–Crippen LogP) is 2.52. The summed E-state index contributed by atoms with van der Waals surface area (Å²) in [4.78, 5) is 15.1. The van der Waals surface area contributed by atoms with Gasteiger partial charge in [0.1, 0.15) is 0 Å². The average Bonchev–Trinajstić information content (AvgIpc) is 2.84. The van der Waals surface area contributed by atoms with Crippen molar-refractivity contribution in [2.75, 3.05) is 23.7 Å². The third-order valence-corrected chi connectivity index (χ3v) is 4.56. The molecule has 0 atom stereocenters. The van der Waals surface area contributed by atoms with Crippen LogP contribution in [0.2, 0.25) is 0 Å². The molecule has 0 aromatic carbocycles. The first-order valence-corrected chi connectivity index (χ1v) is 6.76. The number of carbonyl (C=O) groups is 1. The number of carbonyl (C=O) groups excluding carboxylic acids is 1. The number of hydrogen-bond acceptors (Lipinski definition) is 4. The summed E-state index contributed by atoms with van der Waals surface area (Å²) in [6.45, 7) is 2.22. The predicted molar refractivity (Wildman–Crippen MR) is 67.2 cm³/mol. The fourth-order valence-corrected chi connectivity index (χ4v) is 3.36. The summed E-state index contributed by atoms with van der Waals surface area (Å²) in [6, 6.07) is 1.98. The topological polar surface area (TPSA) is 46.3 Å². The van der Waals surface area contributed by atoms with Crippen molar-refractivity contribution in [1.82, 2.24) is 0 Å². The molecule has 0 unspecified atom stereocenters. The van der Waals surface area contributed by atoms with Crippen LogP contribution >= 0.6 is 11.3 Å². The first-order chi connectivity index (χ1) is 7.75. The van der Waals surface area contributed by atoms with Crippen molar-refractivity contribution < 1.29 is 4.79 Å². The van der Waals surface area contributed by atoms with Crippen molar-refractivity contribution in [3.63, 3.8) is 0 Å². The second kappa shape index (κ2) is 3.77. The van der Waals surface area contributed by atoms with Gasteiger partial charge in [0.25, 0.3) is 0 Å². The van der Waals surface area contributed by atoms with Crippen molar-refractivity contribution >= 4 is 27.8 Å². The number of thiophene rings is 1. The number of rotatable bonds is 3. The molecule has 2 aliphatic rings. The second-order valence-electron chi connectivity index (χ2n) is 4.70. The maximum Gasteiger partial charge on any atom is 0.178 e.